The van der Waals surface area contributed by atoms with Gasteiger partial charge in [0.1, 0.15) is 11.1 Å². The number of carbonyl (C=O) groups excluding carboxylic acids is 1. The van der Waals surface area contributed by atoms with Crippen LogP contribution >= 0.6 is 11.3 Å². The SMILES string of the molecule is COC(=O)c1c(N)c(C#N)cn1-c1ccc(S(=O)(=O)O)cc1-c1nc2ccccc2s1. The largest absolute Gasteiger partial charge is 0.464 e. The lowest BCUT2D eigenvalue weighted by molar-refractivity contribution is 0.0593. The first-order valence-electron chi connectivity index (χ1n) is 8.71. The van der Waals surface area contributed by atoms with Crippen LogP contribution in [0.4, 0.5) is 5.69 Å². The maximum absolute atomic E-state index is 12.4. The number of fused-ring (bicyclic) bond motifs is 1. The third-order valence-electron chi connectivity index (χ3n) is 4.59. The number of nitriles is 1. The van der Waals surface area contributed by atoms with Gasteiger partial charge in [-0.3, -0.25) is 4.55 Å². The Morgan fingerprint density at radius 3 is 2.68 bits per heavy atom. The van der Waals surface area contributed by atoms with Crippen LogP contribution < -0.4 is 5.73 Å². The summed E-state index contributed by atoms with van der Waals surface area (Å²) >= 11 is 1.30. The van der Waals surface area contributed by atoms with Crippen LogP contribution in [0.25, 0.3) is 26.5 Å². The number of anilines is 1. The van der Waals surface area contributed by atoms with Gasteiger partial charge in [-0.25, -0.2) is 9.78 Å². The van der Waals surface area contributed by atoms with E-state index in [2.05, 4.69) is 4.98 Å². The van der Waals surface area contributed by atoms with Crippen LogP contribution in [0.1, 0.15) is 16.1 Å². The first-order valence-corrected chi connectivity index (χ1v) is 11.0. The van der Waals surface area contributed by atoms with Crippen molar-refractivity contribution in [3.05, 3.63) is 59.9 Å². The number of carbonyl (C=O) groups is 1. The summed E-state index contributed by atoms with van der Waals surface area (Å²) < 4.78 is 40.1. The molecule has 3 N–H and O–H groups in total. The van der Waals surface area contributed by atoms with Gasteiger partial charge in [0.15, 0.2) is 5.69 Å². The number of thiazole rings is 1. The highest BCUT2D eigenvalue weighted by Gasteiger charge is 2.25. The second kappa shape index (κ2) is 7.51. The number of rotatable bonds is 4. The van der Waals surface area contributed by atoms with Crippen molar-refractivity contribution in [2.45, 2.75) is 4.90 Å². The van der Waals surface area contributed by atoms with Gasteiger partial charge in [0.25, 0.3) is 10.1 Å². The Morgan fingerprint density at radius 1 is 1.29 bits per heavy atom. The lowest BCUT2D eigenvalue weighted by Gasteiger charge is -2.13. The predicted octanol–water partition coefficient (Wildman–Crippen LogP) is 3.24. The number of hydrogen-bond donors (Lipinski definition) is 2. The van der Waals surface area contributed by atoms with Crippen LogP contribution in [0.2, 0.25) is 0 Å². The van der Waals surface area contributed by atoms with Crippen molar-refractivity contribution in [3.63, 3.8) is 0 Å². The van der Waals surface area contributed by atoms with Gasteiger partial charge in [-0.1, -0.05) is 12.1 Å². The molecular formula is C20H14N4O5S2. The van der Waals surface area contributed by atoms with E-state index in [-0.39, 0.29) is 21.8 Å². The standard InChI is InChI=1S/C20H14N4O5S2/c1-29-20(25)18-17(22)11(9-21)10-24(18)15-7-6-12(31(26,27)28)8-13(15)19-23-14-4-2-3-5-16(14)30-19/h2-8,10H,22H2,1H3,(H,26,27,28). The van der Waals surface area contributed by atoms with E-state index in [4.69, 9.17) is 10.5 Å². The first-order chi connectivity index (χ1) is 14.7. The van der Waals surface area contributed by atoms with Gasteiger partial charge >= 0.3 is 5.97 Å². The average molecular weight is 454 g/mol. The molecule has 0 radical (unpaired) electrons. The number of nitrogens with zero attached hydrogens (tertiary/aromatic N) is 3. The van der Waals surface area contributed by atoms with Gasteiger partial charge in [0, 0.05) is 11.8 Å². The zero-order chi connectivity index (χ0) is 22.3. The summed E-state index contributed by atoms with van der Waals surface area (Å²) in [4.78, 5) is 16.6. The molecule has 11 heteroatoms. The molecule has 9 nitrogen and oxygen atoms in total. The maximum atomic E-state index is 12.4. The molecule has 0 spiro atoms. The molecule has 0 bridgehead atoms. The average Bonchev–Trinajstić information content (AvgIpc) is 3.33. The summed E-state index contributed by atoms with van der Waals surface area (Å²) in [5, 5.41) is 9.82. The molecule has 2 aromatic heterocycles. The van der Waals surface area contributed by atoms with Crippen molar-refractivity contribution in [1.29, 1.82) is 5.26 Å². The Hall–Kier alpha value is -3.72. The van der Waals surface area contributed by atoms with Crippen LogP contribution in [-0.4, -0.2) is 35.6 Å². The normalized spacial score (nSPS) is 11.4. The minimum Gasteiger partial charge on any atom is -0.464 e. The molecule has 0 amide bonds. The fourth-order valence-corrected chi connectivity index (χ4v) is 4.65. The van der Waals surface area contributed by atoms with E-state index in [1.165, 1.54) is 47.4 Å². The number of nitrogens with two attached hydrogens (primary N) is 1. The van der Waals surface area contributed by atoms with Gasteiger partial charge in [-0.05, 0) is 30.3 Å². The first kappa shape index (κ1) is 20.5. The number of para-hydroxylation sites is 1. The maximum Gasteiger partial charge on any atom is 0.357 e. The van der Waals surface area contributed by atoms with Crippen LogP contribution in [0.3, 0.4) is 0 Å². The van der Waals surface area contributed by atoms with E-state index in [1.54, 1.807) is 0 Å². The Labute approximate surface area is 180 Å². The zero-order valence-corrected chi connectivity index (χ0v) is 17.6. The van der Waals surface area contributed by atoms with E-state index in [0.29, 0.717) is 21.8 Å². The molecule has 0 aliphatic heterocycles. The number of benzene rings is 2. The molecule has 2 aromatic carbocycles. The third kappa shape index (κ3) is 3.53. The smallest absolute Gasteiger partial charge is 0.357 e. The van der Waals surface area contributed by atoms with Crippen LogP contribution in [0.5, 0.6) is 0 Å². The molecule has 31 heavy (non-hydrogen) atoms. The summed E-state index contributed by atoms with van der Waals surface area (Å²) in [7, 11) is -3.32. The van der Waals surface area contributed by atoms with Crippen molar-refractivity contribution >= 4 is 43.3 Å². The Bertz CT molecular complexity index is 1460. The number of esters is 1. The van der Waals surface area contributed by atoms with Gasteiger partial charge in [-0.15, -0.1) is 11.3 Å². The van der Waals surface area contributed by atoms with Crippen LogP contribution in [0.15, 0.2) is 53.6 Å². The number of aromatic nitrogens is 2. The molecular weight excluding hydrogens is 440 g/mol. The molecule has 0 fully saturated rings. The van der Waals surface area contributed by atoms with E-state index in [9.17, 15) is 23.0 Å². The fourth-order valence-electron chi connectivity index (χ4n) is 3.15. The van der Waals surface area contributed by atoms with Crippen LogP contribution in [0, 0.1) is 11.3 Å². The number of methoxy groups -OCH3 is 1. The number of hydrogen-bond acceptors (Lipinski definition) is 8. The summed E-state index contributed by atoms with van der Waals surface area (Å²) in [6.45, 7) is 0. The zero-order valence-electron chi connectivity index (χ0n) is 15.9. The molecule has 4 aromatic rings. The number of ether oxygens (including phenoxy) is 1. The Morgan fingerprint density at radius 2 is 2.03 bits per heavy atom. The lowest BCUT2D eigenvalue weighted by atomic mass is 10.1. The van der Waals surface area contributed by atoms with E-state index >= 15 is 0 Å². The topological polar surface area (TPSA) is 148 Å². The molecule has 4 rings (SSSR count). The molecule has 156 valence electrons. The monoisotopic (exact) mass is 454 g/mol. The highest BCUT2D eigenvalue weighted by atomic mass is 32.2. The van der Waals surface area contributed by atoms with Crippen LogP contribution in [-0.2, 0) is 14.9 Å². The van der Waals surface area contributed by atoms with Gasteiger partial charge in [-0.2, -0.15) is 13.7 Å². The Balaban J connectivity index is 2.06. The molecule has 0 saturated carbocycles. The van der Waals surface area contributed by atoms with E-state index < -0.39 is 16.1 Å². The summed E-state index contributed by atoms with van der Waals surface area (Å²) in [6.07, 6.45) is 1.36. The molecule has 0 unspecified atom stereocenters. The van der Waals surface area contributed by atoms with E-state index in [1.807, 2.05) is 30.3 Å². The van der Waals surface area contributed by atoms with E-state index in [0.717, 1.165) is 4.70 Å². The highest BCUT2D eigenvalue weighted by Crippen LogP contribution is 2.37. The lowest BCUT2D eigenvalue weighted by Crippen LogP contribution is -2.12. The van der Waals surface area contributed by atoms with Crippen molar-refractivity contribution in [1.82, 2.24) is 9.55 Å². The second-order valence-electron chi connectivity index (χ2n) is 6.42. The molecule has 2 heterocycles. The second-order valence-corrected chi connectivity index (χ2v) is 8.87. The van der Waals surface area contributed by atoms with Crippen molar-refractivity contribution in [2.75, 3.05) is 12.8 Å². The molecule has 0 aliphatic rings. The summed E-state index contributed by atoms with van der Waals surface area (Å²) in [6, 6.07) is 13.1. The van der Waals surface area contributed by atoms with Crippen molar-refractivity contribution in [3.8, 4) is 22.3 Å². The highest BCUT2D eigenvalue weighted by molar-refractivity contribution is 7.85. The number of nitrogen functional groups attached to an aromatic ring is 1. The minimum absolute atomic E-state index is 0.0505. The quantitative estimate of drug-likeness (QED) is 0.353. The predicted molar refractivity (Wildman–Crippen MR) is 115 cm³/mol. The fraction of sp³-hybridized carbons (Fsp3) is 0.0500. The van der Waals surface area contributed by atoms with Gasteiger partial charge in [0.2, 0.25) is 0 Å². The van der Waals surface area contributed by atoms with Crippen molar-refractivity contribution < 1.29 is 22.5 Å². The Kier molecular flexibility index (Phi) is 4.98. The molecule has 0 saturated heterocycles. The van der Waals surface area contributed by atoms with Crippen molar-refractivity contribution in [2.24, 2.45) is 0 Å². The minimum atomic E-state index is -4.50. The van der Waals surface area contributed by atoms with Gasteiger partial charge < -0.3 is 15.0 Å². The summed E-state index contributed by atoms with van der Waals surface area (Å²) in [5.74, 6) is -0.770. The molecule has 0 atom stereocenters. The summed E-state index contributed by atoms with van der Waals surface area (Å²) in [5.41, 5.74) is 7.24. The van der Waals surface area contributed by atoms with Gasteiger partial charge in [0.05, 0.1) is 39.2 Å². The molecule has 0 aliphatic carbocycles. The third-order valence-corrected chi connectivity index (χ3v) is 6.51.